The van der Waals surface area contributed by atoms with Gasteiger partial charge in [0, 0.05) is 50.1 Å². The molecule has 3 aromatic rings. The molecule has 0 unspecified atom stereocenters. The Labute approximate surface area is 206 Å². The number of anilines is 1. The third-order valence-corrected chi connectivity index (χ3v) is 9.88. The van der Waals surface area contributed by atoms with Gasteiger partial charge in [0.15, 0.2) is 0 Å². The van der Waals surface area contributed by atoms with Crippen LogP contribution in [0.25, 0.3) is 11.0 Å². The first kappa shape index (κ1) is 25.0. The van der Waals surface area contributed by atoms with Crippen LogP contribution in [0.2, 0.25) is 0 Å². The van der Waals surface area contributed by atoms with E-state index in [1.54, 1.807) is 16.7 Å². The van der Waals surface area contributed by atoms with E-state index in [1.807, 2.05) is 33.0 Å². The Kier molecular flexibility index (Phi) is 7.81. The lowest BCUT2D eigenvalue weighted by atomic mass is 9.93. The molecule has 5 rings (SSSR count). The van der Waals surface area contributed by atoms with Gasteiger partial charge < -0.3 is 9.80 Å². The number of aryl methyl sites for hydroxylation is 1. The molecule has 0 bridgehead atoms. The molecule has 2 aliphatic rings. The second-order valence-corrected chi connectivity index (χ2v) is 12.1. The molecule has 5 heterocycles. The number of fused-ring (bicyclic) bond motifs is 1. The number of piperazine rings is 1. The summed E-state index contributed by atoms with van der Waals surface area (Å²) in [6.07, 6.45) is 5.01. The van der Waals surface area contributed by atoms with E-state index in [0.717, 1.165) is 66.3 Å². The predicted molar refractivity (Wildman–Crippen MR) is 138 cm³/mol. The average Bonchev–Trinajstić information content (AvgIpc) is 3.32. The molecule has 0 spiro atoms. The Morgan fingerprint density at radius 2 is 1.68 bits per heavy atom. The number of piperidine rings is 1. The minimum absolute atomic E-state index is 0.180. The van der Waals surface area contributed by atoms with Crippen LogP contribution >= 0.6 is 11.3 Å². The van der Waals surface area contributed by atoms with E-state index in [4.69, 9.17) is 4.98 Å². The van der Waals surface area contributed by atoms with Crippen molar-refractivity contribution in [1.82, 2.24) is 24.2 Å². The van der Waals surface area contributed by atoms with Crippen LogP contribution in [-0.2, 0) is 10.0 Å². The van der Waals surface area contributed by atoms with Gasteiger partial charge in [-0.25, -0.2) is 18.4 Å². The van der Waals surface area contributed by atoms with Crippen LogP contribution < -0.4 is 4.90 Å². The fourth-order valence-electron chi connectivity index (χ4n) is 4.54. The number of pyridine rings is 1. The first-order valence-electron chi connectivity index (χ1n) is 12.0. The van der Waals surface area contributed by atoms with Crippen molar-refractivity contribution >= 4 is 38.1 Å². The number of sulfonamides is 1. The number of likely N-dealkylation sites (N-methyl/N-ethyl adjacent to an activating group) is 1. The zero-order chi connectivity index (χ0) is 24.3. The fourth-order valence-corrected chi connectivity index (χ4v) is 7.44. The molecule has 2 aliphatic heterocycles. The quantitative estimate of drug-likeness (QED) is 0.537. The summed E-state index contributed by atoms with van der Waals surface area (Å²) in [4.78, 5) is 19.5. The summed E-state index contributed by atoms with van der Waals surface area (Å²) >= 11 is 1.33. The molecule has 3 aromatic heterocycles. The number of rotatable bonds is 4. The summed E-state index contributed by atoms with van der Waals surface area (Å²) in [5.41, 5.74) is 3.72. The van der Waals surface area contributed by atoms with Crippen LogP contribution in [0.4, 0.5) is 5.69 Å². The van der Waals surface area contributed by atoms with Crippen LogP contribution in [-0.4, -0.2) is 78.9 Å². The SMILES string of the molecule is CC.Cc1ccc(S(=O)(=O)N2CCC(c3ncnc4cc(N5CCN(C)CC5)cnc34)CC2)s1. The van der Waals surface area contributed by atoms with Crippen LogP contribution in [0.15, 0.2) is 34.9 Å². The van der Waals surface area contributed by atoms with Crippen LogP contribution in [0.5, 0.6) is 0 Å². The van der Waals surface area contributed by atoms with Crippen LogP contribution in [0, 0.1) is 6.92 Å². The van der Waals surface area contributed by atoms with Gasteiger partial charge in [-0.1, -0.05) is 13.8 Å². The largest absolute Gasteiger partial charge is 0.368 e. The highest BCUT2D eigenvalue weighted by Gasteiger charge is 2.32. The number of aromatic nitrogens is 3. The number of hydrogen-bond acceptors (Lipinski definition) is 8. The van der Waals surface area contributed by atoms with Crippen molar-refractivity contribution < 1.29 is 8.42 Å². The standard InChI is InChI=1S/C22H28N6O2S2.C2H6/c1-16-3-4-20(31-16)32(29,30)28-7-5-17(6-8-28)21-22-19(24-15-25-21)13-18(14-23-22)27-11-9-26(2)10-12-27;1-2/h3-4,13-15,17H,5-12H2,1-2H3;1-2H3. The summed E-state index contributed by atoms with van der Waals surface area (Å²) < 4.78 is 27.9. The molecule has 34 heavy (non-hydrogen) atoms. The van der Waals surface area contributed by atoms with Gasteiger partial charge in [-0.15, -0.1) is 11.3 Å². The molecule has 0 amide bonds. The van der Waals surface area contributed by atoms with Crippen molar-refractivity contribution in [2.45, 2.75) is 43.7 Å². The molecule has 0 atom stereocenters. The highest BCUT2D eigenvalue weighted by atomic mass is 32.2. The molecule has 10 heteroatoms. The van der Waals surface area contributed by atoms with E-state index in [-0.39, 0.29) is 5.92 Å². The van der Waals surface area contributed by atoms with Crippen molar-refractivity contribution in [3.8, 4) is 0 Å². The van der Waals surface area contributed by atoms with Gasteiger partial charge in [-0.05, 0) is 45.0 Å². The lowest BCUT2D eigenvalue weighted by Crippen LogP contribution is -2.44. The summed E-state index contributed by atoms with van der Waals surface area (Å²) in [6.45, 7) is 11.0. The maximum atomic E-state index is 13.0. The predicted octanol–water partition coefficient (Wildman–Crippen LogP) is 3.74. The smallest absolute Gasteiger partial charge is 0.252 e. The zero-order valence-electron chi connectivity index (χ0n) is 20.4. The maximum Gasteiger partial charge on any atom is 0.252 e. The molecule has 0 aliphatic carbocycles. The minimum atomic E-state index is -3.42. The Bertz CT molecular complexity index is 1210. The summed E-state index contributed by atoms with van der Waals surface area (Å²) in [5.74, 6) is 0.180. The Morgan fingerprint density at radius 1 is 0.971 bits per heavy atom. The monoisotopic (exact) mass is 502 g/mol. The Balaban J connectivity index is 0.00000133. The molecule has 0 saturated carbocycles. The third-order valence-electron chi connectivity index (χ3n) is 6.51. The van der Waals surface area contributed by atoms with Gasteiger partial charge in [0.1, 0.15) is 16.1 Å². The first-order chi connectivity index (χ1) is 16.4. The van der Waals surface area contributed by atoms with Crippen molar-refractivity contribution in [3.05, 3.63) is 41.3 Å². The van der Waals surface area contributed by atoms with Gasteiger partial charge >= 0.3 is 0 Å². The van der Waals surface area contributed by atoms with E-state index in [0.29, 0.717) is 17.3 Å². The molecule has 184 valence electrons. The van der Waals surface area contributed by atoms with Crippen LogP contribution in [0.3, 0.4) is 0 Å². The topological polar surface area (TPSA) is 82.5 Å². The fraction of sp³-hybridized carbons (Fsp3) is 0.542. The second kappa shape index (κ2) is 10.6. The van der Waals surface area contributed by atoms with Crippen LogP contribution in [0.1, 0.15) is 43.2 Å². The molecule has 0 aromatic carbocycles. The van der Waals surface area contributed by atoms with Crippen molar-refractivity contribution in [3.63, 3.8) is 0 Å². The Hall–Kier alpha value is -2.14. The van der Waals surface area contributed by atoms with Gasteiger partial charge in [0.05, 0.1) is 23.1 Å². The van der Waals surface area contributed by atoms with E-state index >= 15 is 0 Å². The number of nitrogens with zero attached hydrogens (tertiary/aromatic N) is 6. The summed E-state index contributed by atoms with van der Waals surface area (Å²) in [5, 5.41) is 0. The average molecular weight is 503 g/mol. The second-order valence-electron chi connectivity index (χ2n) is 8.65. The Morgan fingerprint density at radius 3 is 2.32 bits per heavy atom. The maximum absolute atomic E-state index is 13.0. The van der Waals surface area contributed by atoms with E-state index < -0.39 is 10.0 Å². The van der Waals surface area contributed by atoms with E-state index in [1.165, 1.54) is 11.3 Å². The lowest BCUT2D eigenvalue weighted by molar-refractivity contribution is 0.313. The molecular weight excluding hydrogens is 468 g/mol. The molecule has 2 saturated heterocycles. The van der Waals surface area contributed by atoms with Crippen molar-refractivity contribution in [2.24, 2.45) is 0 Å². The molecule has 0 radical (unpaired) electrons. The highest BCUT2D eigenvalue weighted by Crippen LogP contribution is 2.34. The van der Waals surface area contributed by atoms with Gasteiger partial charge in [0.2, 0.25) is 0 Å². The van der Waals surface area contributed by atoms with E-state index in [9.17, 15) is 8.42 Å². The number of thiophene rings is 1. The third kappa shape index (κ3) is 5.10. The van der Waals surface area contributed by atoms with Crippen molar-refractivity contribution in [2.75, 3.05) is 51.2 Å². The lowest BCUT2D eigenvalue weighted by Gasteiger charge is -2.34. The molecule has 0 N–H and O–H groups in total. The molecular formula is C24H34N6O2S2. The first-order valence-corrected chi connectivity index (χ1v) is 14.3. The van der Waals surface area contributed by atoms with Gasteiger partial charge in [-0.2, -0.15) is 4.31 Å². The number of hydrogen-bond donors (Lipinski definition) is 0. The van der Waals surface area contributed by atoms with E-state index in [2.05, 4.69) is 32.9 Å². The van der Waals surface area contributed by atoms with Gasteiger partial charge in [-0.3, -0.25) is 4.98 Å². The molecule has 8 nitrogen and oxygen atoms in total. The summed E-state index contributed by atoms with van der Waals surface area (Å²) in [6, 6.07) is 5.68. The zero-order valence-corrected chi connectivity index (χ0v) is 22.1. The molecule has 2 fully saturated rings. The normalized spacial score (nSPS) is 18.6. The highest BCUT2D eigenvalue weighted by molar-refractivity contribution is 7.91. The van der Waals surface area contributed by atoms with Crippen molar-refractivity contribution in [1.29, 1.82) is 0 Å². The minimum Gasteiger partial charge on any atom is -0.368 e. The summed E-state index contributed by atoms with van der Waals surface area (Å²) in [7, 11) is -1.27. The van der Waals surface area contributed by atoms with Gasteiger partial charge in [0.25, 0.3) is 10.0 Å².